The Kier molecular flexibility index (Phi) is 5.53. The number of nitro benzene ring substituents is 1. The van der Waals surface area contributed by atoms with Gasteiger partial charge in [0, 0.05) is 18.7 Å². The molecule has 2 N–H and O–H groups in total. The lowest BCUT2D eigenvalue weighted by molar-refractivity contribution is -0.385. The molecule has 0 spiro atoms. The summed E-state index contributed by atoms with van der Waals surface area (Å²) in [6.07, 6.45) is 0.173. The molecule has 0 aliphatic carbocycles. The molecule has 1 rings (SSSR count). The predicted molar refractivity (Wildman–Crippen MR) is 70.7 cm³/mol. The van der Waals surface area contributed by atoms with E-state index in [1.807, 2.05) is 6.92 Å². The molecule has 1 aromatic rings. The van der Waals surface area contributed by atoms with Gasteiger partial charge >= 0.3 is 0 Å². The first-order valence-corrected chi connectivity index (χ1v) is 6.12. The zero-order chi connectivity index (χ0) is 13.7. The molecule has 2 unspecified atom stereocenters. The van der Waals surface area contributed by atoms with E-state index in [1.165, 1.54) is 6.07 Å². The molecule has 0 bridgehead atoms. The molecule has 100 valence electrons. The number of hydrogen-bond donors (Lipinski definition) is 2. The molecule has 5 nitrogen and oxygen atoms in total. The van der Waals surface area contributed by atoms with Crippen LogP contribution in [0.4, 0.5) is 5.69 Å². The van der Waals surface area contributed by atoms with Crippen LogP contribution in [0.3, 0.4) is 0 Å². The normalized spacial score (nSPS) is 14.2. The van der Waals surface area contributed by atoms with Crippen molar-refractivity contribution in [2.45, 2.75) is 39.0 Å². The van der Waals surface area contributed by atoms with Gasteiger partial charge in [-0.25, -0.2) is 0 Å². The quantitative estimate of drug-likeness (QED) is 0.616. The number of aliphatic hydroxyl groups excluding tert-OH is 1. The van der Waals surface area contributed by atoms with Crippen molar-refractivity contribution in [3.63, 3.8) is 0 Å². The summed E-state index contributed by atoms with van der Waals surface area (Å²) >= 11 is 5.97. The monoisotopic (exact) mass is 272 g/mol. The van der Waals surface area contributed by atoms with Crippen molar-refractivity contribution in [3.05, 3.63) is 38.9 Å². The molecule has 0 saturated carbocycles. The van der Waals surface area contributed by atoms with Gasteiger partial charge in [0.15, 0.2) is 0 Å². The van der Waals surface area contributed by atoms with E-state index < -0.39 is 11.0 Å². The Morgan fingerprint density at radius 3 is 2.72 bits per heavy atom. The number of hydrogen-bond acceptors (Lipinski definition) is 4. The van der Waals surface area contributed by atoms with Crippen molar-refractivity contribution in [1.29, 1.82) is 0 Å². The van der Waals surface area contributed by atoms with E-state index in [4.69, 9.17) is 11.6 Å². The van der Waals surface area contributed by atoms with Crippen LogP contribution < -0.4 is 5.32 Å². The number of nitrogens with zero attached hydrogens (tertiary/aromatic N) is 1. The van der Waals surface area contributed by atoms with Gasteiger partial charge in [0.2, 0.25) is 0 Å². The highest BCUT2D eigenvalue weighted by Crippen LogP contribution is 2.26. The second kappa shape index (κ2) is 6.68. The lowest BCUT2D eigenvalue weighted by Crippen LogP contribution is -2.29. The second-order valence-electron chi connectivity index (χ2n) is 4.36. The molecule has 0 heterocycles. The first kappa shape index (κ1) is 14.9. The Morgan fingerprint density at radius 2 is 2.17 bits per heavy atom. The Morgan fingerprint density at radius 1 is 1.50 bits per heavy atom. The molecule has 0 saturated heterocycles. The number of rotatable bonds is 6. The minimum atomic E-state index is -0.442. The lowest BCUT2D eigenvalue weighted by atomic mass is 10.1. The number of nitro groups is 1. The third-order valence-corrected chi connectivity index (χ3v) is 2.97. The Balaban J connectivity index is 2.75. The van der Waals surface area contributed by atoms with E-state index in [1.54, 1.807) is 19.1 Å². The van der Waals surface area contributed by atoms with Crippen LogP contribution in [0.15, 0.2) is 18.2 Å². The van der Waals surface area contributed by atoms with Crippen molar-refractivity contribution >= 4 is 17.3 Å². The second-order valence-corrected chi connectivity index (χ2v) is 4.77. The molecule has 18 heavy (non-hydrogen) atoms. The van der Waals surface area contributed by atoms with Crippen LogP contribution >= 0.6 is 11.6 Å². The molecule has 0 amide bonds. The first-order chi connectivity index (χ1) is 8.41. The third kappa shape index (κ3) is 4.25. The Labute approximate surface area is 111 Å². The number of halogens is 1. The SMILES string of the molecule is CC(O)CC(C)NCc1c(Cl)cccc1[N+](=O)[O-]. The van der Waals surface area contributed by atoms with Crippen LogP contribution in [0, 0.1) is 10.1 Å². The highest BCUT2D eigenvalue weighted by molar-refractivity contribution is 6.31. The van der Waals surface area contributed by atoms with E-state index in [-0.39, 0.29) is 11.7 Å². The van der Waals surface area contributed by atoms with Crippen LogP contribution in [0.25, 0.3) is 0 Å². The maximum absolute atomic E-state index is 10.9. The van der Waals surface area contributed by atoms with Gasteiger partial charge in [0.1, 0.15) is 0 Å². The number of aliphatic hydroxyl groups is 1. The molecule has 0 aliphatic heterocycles. The zero-order valence-corrected chi connectivity index (χ0v) is 11.1. The molecule has 0 aliphatic rings. The standard InChI is InChI=1S/C12H17ClN2O3/c1-8(6-9(2)16)14-7-10-11(13)4-3-5-12(10)15(17)18/h3-5,8-9,14,16H,6-7H2,1-2H3. The van der Waals surface area contributed by atoms with Crippen LogP contribution in [-0.4, -0.2) is 22.2 Å². The molecule has 1 aromatic carbocycles. The van der Waals surface area contributed by atoms with Gasteiger partial charge in [-0.2, -0.15) is 0 Å². The molecule has 6 heteroatoms. The lowest BCUT2D eigenvalue weighted by Gasteiger charge is -2.15. The van der Waals surface area contributed by atoms with Crippen molar-refractivity contribution < 1.29 is 10.0 Å². The largest absolute Gasteiger partial charge is 0.393 e. The highest BCUT2D eigenvalue weighted by Gasteiger charge is 2.17. The van der Waals surface area contributed by atoms with Gasteiger partial charge in [-0.15, -0.1) is 0 Å². The minimum Gasteiger partial charge on any atom is -0.393 e. The maximum atomic E-state index is 10.9. The molecular weight excluding hydrogens is 256 g/mol. The fourth-order valence-corrected chi connectivity index (χ4v) is 2.00. The third-order valence-electron chi connectivity index (χ3n) is 2.61. The van der Waals surface area contributed by atoms with Gasteiger partial charge in [0.05, 0.1) is 21.6 Å². The average Bonchev–Trinajstić information content (AvgIpc) is 2.25. The summed E-state index contributed by atoms with van der Waals surface area (Å²) < 4.78 is 0. The summed E-state index contributed by atoms with van der Waals surface area (Å²) in [6.45, 7) is 3.93. The maximum Gasteiger partial charge on any atom is 0.275 e. The Bertz CT molecular complexity index is 424. The van der Waals surface area contributed by atoms with E-state index in [9.17, 15) is 15.2 Å². The number of benzene rings is 1. The van der Waals surface area contributed by atoms with Crippen LogP contribution in [0.1, 0.15) is 25.8 Å². The summed E-state index contributed by atoms with van der Waals surface area (Å²) in [7, 11) is 0. The Hall–Kier alpha value is -1.17. The van der Waals surface area contributed by atoms with E-state index >= 15 is 0 Å². The molecule has 2 atom stereocenters. The molecule has 0 fully saturated rings. The van der Waals surface area contributed by atoms with Crippen molar-refractivity contribution in [2.24, 2.45) is 0 Å². The van der Waals surface area contributed by atoms with Gasteiger partial charge in [-0.05, 0) is 26.3 Å². The van der Waals surface area contributed by atoms with Gasteiger partial charge < -0.3 is 10.4 Å². The number of nitrogens with one attached hydrogen (secondary N) is 1. The van der Waals surface area contributed by atoms with Crippen LogP contribution in [-0.2, 0) is 6.54 Å². The van der Waals surface area contributed by atoms with Crippen LogP contribution in [0.5, 0.6) is 0 Å². The van der Waals surface area contributed by atoms with E-state index in [0.29, 0.717) is 23.6 Å². The van der Waals surface area contributed by atoms with E-state index in [2.05, 4.69) is 5.32 Å². The van der Waals surface area contributed by atoms with Crippen LogP contribution in [0.2, 0.25) is 5.02 Å². The van der Waals surface area contributed by atoms with Crippen molar-refractivity contribution in [2.75, 3.05) is 0 Å². The molecular formula is C12H17ClN2O3. The summed E-state index contributed by atoms with van der Waals surface area (Å²) in [5.74, 6) is 0. The summed E-state index contributed by atoms with van der Waals surface area (Å²) in [4.78, 5) is 10.4. The van der Waals surface area contributed by atoms with Gasteiger partial charge in [-0.1, -0.05) is 17.7 Å². The molecule has 0 radical (unpaired) electrons. The van der Waals surface area contributed by atoms with Crippen molar-refractivity contribution in [3.8, 4) is 0 Å². The summed E-state index contributed by atoms with van der Waals surface area (Å²) in [5.41, 5.74) is 0.487. The zero-order valence-electron chi connectivity index (χ0n) is 10.4. The fourth-order valence-electron chi connectivity index (χ4n) is 1.76. The van der Waals surface area contributed by atoms with Gasteiger partial charge in [-0.3, -0.25) is 10.1 Å². The van der Waals surface area contributed by atoms with Gasteiger partial charge in [0.25, 0.3) is 5.69 Å². The topological polar surface area (TPSA) is 75.4 Å². The van der Waals surface area contributed by atoms with E-state index in [0.717, 1.165) is 0 Å². The first-order valence-electron chi connectivity index (χ1n) is 5.75. The van der Waals surface area contributed by atoms with Crippen molar-refractivity contribution in [1.82, 2.24) is 5.32 Å². The predicted octanol–water partition coefficient (Wildman–Crippen LogP) is 2.50. The average molecular weight is 273 g/mol. The highest BCUT2D eigenvalue weighted by atomic mass is 35.5. The summed E-state index contributed by atoms with van der Waals surface area (Å²) in [5, 5.41) is 23.6. The minimum absolute atomic E-state index is 0.0132. The molecule has 0 aromatic heterocycles. The fraction of sp³-hybridized carbons (Fsp3) is 0.500. The summed E-state index contributed by atoms with van der Waals surface area (Å²) in [6, 6.07) is 4.68. The smallest absolute Gasteiger partial charge is 0.275 e.